The minimum absolute atomic E-state index is 0.313. The zero-order chi connectivity index (χ0) is 16.1. The molecule has 3 rings (SSSR count). The monoisotopic (exact) mass is 311 g/mol. The Morgan fingerprint density at radius 1 is 1.22 bits per heavy atom. The Morgan fingerprint density at radius 3 is 2.70 bits per heavy atom. The first-order valence-electron chi connectivity index (χ1n) is 8.42. The number of nitrogens with one attached hydrogen (secondary N) is 2. The lowest BCUT2D eigenvalue weighted by Gasteiger charge is -2.23. The van der Waals surface area contributed by atoms with Crippen molar-refractivity contribution in [2.45, 2.75) is 45.1 Å². The first kappa shape index (κ1) is 15.9. The molecule has 0 saturated carbocycles. The normalized spacial score (nSPS) is 17.0. The molecule has 2 N–H and O–H groups in total. The van der Waals surface area contributed by atoms with Crippen LogP contribution in [0.1, 0.15) is 42.8 Å². The molecular formula is C18H25N5. The second-order valence-electron chi connectivity index (χ2n) is 6.35. The summed E-state index contributed by atoms with van der Waals surface area (Å²) in [6.07, 6.45) is 6.94. The van der Waals surface area contributed by atoms with Gasteiger partial charge in [0.2, 0.25) is 0 Å². The van der Waals surface area contributed by atoms with E-state index in [0.29, 0.717) is 12.0 Å². The van der Waals surface area contributed by atoms with Crippen molar-refractivity contribution < 1.29 is 0 Å². The number of hydrogen-bond donors (Lipinski definition) is 2. The maximum absolute atomic E-state index is 4.66. The minimum Gasteiger partial charge on any atom is -0.367 e. The van der Waals surface area contributed by atoms with Crippen LogP contribution in [0.4, 0.5) is 5.82 Å². The first-order chi connectivity index (χ1) is 11.2. The average Bonchev–Trinajstić information content (AvgIpc) is 2.56. The van der Waals surface area contributed by atoms with Crippen LogP contribution >= 0.6 is 0 Å². The van der Waals surface area contributed by atoms with E-state index in [1.165, 1.54) is 11.3 Å². The van der Waals surface area contributed by atoms with Gasteiger partial charge in [0.15, 0.2) is 0 Å². The van der Waals surface area contributed by atoms with Crippen molar-refractivity contribution in [2.24, 2.45) is 0 Å². The standard InChI is InChI=1S/C18H25N5/c1-13(11-15-3-7-19-8-4-15)21-18-12-17(22-14(2)23-18)16-5-9-20-10-6-16/h3-4,7-8,12-13,16,20H,5-6,9-11H2,1-2H3,(H,21,22,23). The largest absolute Gasteiger partial charge is 0.367 e. The highest BCUT2D eigenvalue weighted by atomic mass is 15.0. The number of nitrogens with zero attached hydrogens (tertiary/aromatic N) is 3. The lowest BCUT2D eigenvalue weighted by Crippen LogP contribution is -2.27. The van der Waals surface area contributed by atoms with Gasteiger partial charge >= 0.3 is 0 Å². The second kappa shape index (κ2) is 7.51. The van der Waals surface area contributed by atoms with Crippen LogP contribution in [0.3, 0.4) is 0 Å². The van der Waals surface area contributed by atoms with Gasteiger partial charge in [0.25, 0.3) is 0 Å². The Balaban J connectivity index is 1.68. The van der Waals surface area contributed by atoms with E-state index < -0.39 is 0 Å². The van der Waals surface area contributed by atoms with Crippen LogP contribution in [0.25, 0.3) is 0 Å². The summed E-state index contributed by atoms with van der Waals surface area (Å²) >= 11 is 0. The number of anilines is 1. The number of aromatic nitrogens is 3. The molecule has 3 heterocycles. The third-order valence-corrected chi connectivity index (χ3v) is 4.30. The maximum Gasteiger partial charge on any atom is 0.130 e. The van der Waals surface area contributed by atoms with Gasteiger partial charge < -0.3 is 10.6 Å². The van der Waals surface area contributed by atoms with E-state index in [1.54, 1.807) is 0 Å². The third-order valence-electron chi connectivity index (χ3n) is 4.30. The van der Waals surface area contributed by atoms with Crippen molar-refractivity contribution >= 4 is 5.82 Å². The zero-order valence-corrected chi connectivity index (χ0v) is 13.9. The summed E-state index contributed by atoms with van der Waals surface area (Å²) in [6.45, 7) is 6.31. The van der Waals surface area contributed by atoms with Gasteiger partial charge in [-0.25, -0.2) is 9.97 Å². The van der Waals surface area contributed by atoms with E-state index in [4.69, 9.17) is 0 Å². The number of hydrogen-bond acceptors (Lipinski definition) is 5. The summed E-state index contributed by atoms with van der Waals surface area (Å²) in [6, 6.07) is 6.56. The Kier molecular flexibility index (Phi) is 5.18. The fraction of sp³-hybridized carbons (Fsp3) is 0.500. The van der Waals surface area contributed by atoms with E-state index in [1.807, 2.05) is 19.3 Å². The molecule has 1 unspecified atom stereocenters. The molecule has 0 aliphatic carbocycles. The predicted octanol–water partition coefficient (Wildman–Crippen LogP) is 2.69. The summed E-state index contributed by atoms with van der Waals surface area (Å²) in [5.74, 6) is 2.33. The zero-order valence-electron chi connectivity index (χ0n) is 13.9. The molecule has 1 aliphatic heterocycles. The van der Waals surface area contributed by atoms with Gasteiger partial charge in [0, 0.05) is 36.1 Å². The number of rotatable bonds is 5. The topological polar surface area (TPSA) is 62.7 Å². The Hall–Kier alpha value is -2.01. The van der Waals surface area contributed by atoms with Crippen LogP contribution in [0.15, 0.2) is 30.6 Å². The van der Waals surface area contributed by atoms with Crippen molar-refractivity contribution in [3.63, 3.8) is 0 Å². The molecule has 1 saturated heterocycles. The van der Waals surface area contributed by atoms with Crippen LogP contribution in [0.2, 0.25) is 0 Å². The van der Waals surface area contributed by atoms with E-state index in [9.17, 15) is 0 Å². The molecule has 23 heavy (non-hydrogen) atoms. The fourth-order valence-corrected chi connectivity index (χ4v) is 3.17. The highest BCUT2D eigenvalue weighted by Gasteiger charge is 2.18. The minimum atomic E-state index is 0.313. The van der Waals surface area contributed by atoms with Crippen LogP contribution in [0, 0.1) is 6.92 Å². The number of pyridine rings is 1. The van der Waals surface area contributed by atoms with Gasteiger partial charge in [0.05, 0.1) is 0 Å². The quantitative estimate of drug-likeness (QED) is 0.889. The molecule has 1 aliphatic rings. The van der Waals surface area contributed by atoms with E-state index in [0.717, 1.165) is 44.0 Å². The van der Waals surface area contributed by atoms with Gasteiger partial charge in [-0.1, -0.05) is 0 Å². The molecule has 2 aromatic heterocycles. The van der Waals surface area contributed by atoms with Gasteiger partial charge in [-0.15, -0.1) is 0 Å². The molecule has 1 atom stereocenters. The number of aryl methyl sites for hydroxylation is 1. The highest BCUT2D eigenvalue weighted by Crippen LogP contribution is 2.25. The van der Waals surface area contributed by atoms with E-state index in [-0.39, 0.29) is 0 Å². The Bertz CT molecular complexity index is 623. The summed E-state index contributed by atoms with van der Waals surface area (Å²) in [4.78, 5) is 13.3. The molecule has 0 bridgehead atoms. The van der Waals surface area contributed by atoms with E-state index >= 15 is 0 Å². The third kappa shape index (κ3) is 4.48. The lowest BCUT2D eigenvalue weighted by atomic mass is 9.94. The van der Waals surface area contributed by atoms with Gasteiger partial charge in [-0.05, 0) is 63.9 Å². The van der Waals surface area contributed by atoms with Crippen molar-refractivity contribution in [1.82, 2.24) is 20.3 Å². The molecule has 122 valence electrons. The summed E-state index contributed by atoms with van der Waals surface area (Å²) in [5, 5.41) is 6.93. The Labute approximate surface area is 138 Å². The van der Waals surface area contributed by atoms with Crippen LogP contribution in [-0.2, 0) is 6.42 Å². The van der Waals surface area contributed by atoms with Crippen LogP contribution in [-0.4, -0.2) is 34.1 Å². The molecule has 1 fully saturated rings. The maximum atomic E-state index is 4.66. The molecule has 5 nitrogen and oxygen atoms in total. The molecule has 0 radical (unpaired) electrons. The van der Waals surface area contributed by atoms with Crippen LogP contribution < -0.4 is 10.6 Å². The van der Waals surface area contributed by atoms with Crippen molar-refractivity contribution in [3.05, 3.63) is 47.7 Å². The van der Waals surface area contributed by atoms with Gasteiger partial charge in [-0.2, -0.15) is 0 Å². The summed E-state index contributed by atoms with van der Waals surface area (Å²) in [7, 11) is 0. The summed E-state index contributed by atoms with van der Waals surface area (Å²) < 4.78 is 0. The van der Waals surface area contributed by atoms with Crippen molar-refractivity contribution in [3.8, 4) is 0 Å². The molecule has 0 amide bonds. The first-order valence-corrected chi connectivity index (χ1v) is 8.42. The Morgan fingerprint density at radius 2 is 1.96 bits per heavy atom. The lowest BCUT2D eigenvalue weighted by molar-refractivity contribution is 0.452. The highest BCUT2D eigenvalue weighted by molar-refractivity contribution is 5.38. The second-order valence-corrected chi connectivity index (χ2v) is 6.35. The van der Waals surface area contributed by atoms with Crippen molar-refractivity contribution in [1.29, 1.82) is 0 Å². The SMILES string of the molecule is Cc1nc(NC(C)Cc2ccncc2)cc(C2CCNCC2)n1. The smallest absolute Gasteiger partial charge is 0.130 e. The summed E-state index contributed by atoms with van der Waals surface area (Å²) in [5.41, 5.74) is 2.46. The van der Waals surface area contributed by atoms with Gasteiger partial charge in [-0.3, -0.25) is 4.98 Å². The number of piperidine rings is 1. The van der Waals surface area contributed by atoms with E-state index in [2.05, 4.69) is 50.7 Å². The van der Waals surface area contributed by atoms with Crippen molar-refractivity contribution in [2.75, 3.05) is 18.4 Å². The molecule has 5 heteroatoms. The molecular weight excluding hydrogens is 286 g/mol. The average molecular weight is 311 g/mol. The van der Waals surface area contributed by atoms with Gasteiger partial charge in [0.1, 0.15) is 11.6 Å². The molecule has 0 aromatic carbocycles. The predicted molar refractivity (Wildman–Crippen MR) is 92.6 cm³/mol. The fourth-order valence-electron chi connectivity index (χ4n) is 3.17. The van der Waals surface area contributed by atoms with Crippen LogP contribution in [0.5, 0.6) is 0 Å². The molecule has 0 spiro atoms. The molecule has 2 aromatic rings.